The standard InChI is InChI=1S/C5H7NO2Se/c6-5(7)9(8)3-1-2-4-9/h1-4,8H,(H2,6,7). The predicted octanol–water partition coefficient (Wildman–Crippen LogP) is -0.211. The van der Waals surface area contributed by atoms with Gasteiger partial charge in [0.15, 0.2) is 0 Å². The molecular weight excluding hydrogens is 185 g/mol. The second kappa shape index (κ2) is 1.99. The van der Waals surface area contributed by atoms with E-state index in [1.165, 1.54) is 9.95 Å². The molecule has 50 valence electrons. The van der Waals surface area contributed by atoms with Crippen LogP contribution in [-0.4, -0.2) is 22.2 Å². The van der Waals surface area contributed by atoms with Crippen molar-refractivity contribution in [1.82, 2.24) is 0 Å². The van der Waals surface area contributed by atoms with Crippen LogP contribution in [-0.2, 0) is 0 Å². The van der Waals surface area contributed by atoms with Crippen LogP contribution in [0.5, 0.6) is 0 Å². The molecule has 0 fully saturated rings. The van der Waals surface area contributed by atoms with Gasteiger partial charge in [-0.1, -0.05) is 0 Å². The van der Waals surface area contributed by atoms with Crippen molar-refractivity contribution in [3.05, 3.63) is 22.1 Å². The molecule has 1 aliphatic heterocycles. The van der Waals surface area contributed by atoms with Crippen LogP contribution in [0.1, 0.15) is 0 Å². The first-order chi connectivity index (χ1) is 4.15. The second-order valence-electron chi connectivity index (χ2n) is 1.65. The van der Waals surface area contributed by atoms with Gasteiger partial charge in [-0.3, -0.25) is 0 Å². The van der Waals surface area contributed by atoms with Crippen molar-refractivity contribution in [2.75, 3.05) is 0 Å². The molecule has 3 N–H and O–H groups in total. The molecule has 0 radical (unpaired) electrons. The molecular formula is C5H7NO2Se. The average molecular weight is 192 g/mol. The maximum absolute atomic E-state index is 10.5. The van der Waals surface area contributed by atoms with Crippen molar-refractivity contribution in [1.29, 1.82) is 0 Å². The molecule has 0 bridgehead atoms. The number of nitrogens with two attached hydrogens (primary N) is 1. The molecule has 1 amide bonds. The van der Waals surface area contributed by atoms with Gasteiger partial charge in [0, 0.05) is 0 Å². The number of allylic oxidation sites excluding steroid dienone is 2. The van der Waals surface area contributed by atoms with E-state index < -0.39 is 18.0 Å². The molecule has 0 aromatic rings. The van der Waals surface area contributed by atoms with Gasteiger partial charge in [0.1, 0.15) is 0 Å². The minimum atomic E-state index is -3.06. The fraction of sp³-hybridized carbons (Fsp3) is 0. The molecule has 3 nitrogen and oxygen atoms in total. The van der Waals surface area contributed by atoms with Crippen molar-refractivity contribution < 1.29 is 8.98 Å². The second-order valence-corrected chi connectivity index (χ2v) is 6.46. The third-order valence-electron chi connectivity index (χ3n) is 1.01. The van der Waals surface area contributed by atoms with Gasteiger partial charge in [0.2, 0.25) is 0 Å². The molecule has 0 aromatic carbocycles. The van der Waals surface area contributed by atoms with Crippen molar-refractivity contribution >= 4 is 18.0 Å². The normalized spacial score (nSPS) is 24.1. The van der Waals surface area contributed by atoms with Crippen LogP contribution in [0, 0.1) is 0 Å². The van der Waals surface area contributed by atoms with Gasteiger partial charge in [-0.15, -0.1) is 0 Å². The Labute approximate surface area is 55.4 Å². The monoisotopic (exact) mass is 193 g/mol. The number of rotatable bonds is 1. The van der Waals surface area contributed by atoms with Gasteiger partial charge in [-0.25, -0.2) is 0 Å². The van der Waals surface area contributed by atoms with E-state index in [1.54, 1.807) is 12.2 Å². The topological polar surface area (TPSA) is 63.3 Å². The Balaban J connectivity index is 2.88. The summed E-state index contributed by atoms with van der Waals surface area (Å²) in [6.45, 7) is 0. The first-order valence-corrected chi connectivity index (χ1v) is 5.95. The molecule has 0 saturated heterocycles. The van der Waals surface area contributed by atoms with Crippen LogP contribution in [0.2, 0.25) is 0 Å². The molecule has 0 aliphatic carbocycles. The Morgan fingerprint density at radius 2 is 1.89 bits per heavy atom. The van der Waals surface area contributed by atoms with Crippen molar-refractivity contribution in [3.63, 3.8) is 0 Å². The predicted molar refractivity (Wildman–Crippen MR) is 35.8 cm³/mol. The summed E-state index contributed by atoms with van der Waals surface area (Å²) in [5, 5.41) is 0. The first kappa shape index (κ1) is 6.55. The summed E-state index contributed by atoms with van der Waals surface area (Å²) in [6, 6.07) is 0. The molecule has 9 heavy (non-hydrogen) atoms. The number of amides is 1. The molecule has 0 spiro atoms. The van der Waals surface area contributed by atoms with E-state index in [4.69, 9.17) is 5.73 Å². The van der Waals surface area contributed by atoms with Crippen LogP contribution >= 0.6 is 0 Å². The van der Waals surface area contributed by atoms with Crippen LogP contribution in [0.3, 0.4) is 0 Å². The van der Waals surface area contributed by atoms with Gasteiger partial charge < -0.3 is 0 Å². The molecule has 4 heteroatoms. The summed E-state index contributed by atoms with van der Waals surface area (Å²) in [7, 11) is 0. The molecule has 0 unspecified atom stereocenters. The maximum atomic E-state index is 10.5. The summed E-state index contributed by atoms with van der Waals surface area (Å²) < 4.78 is 9.28. The summed E-state index contributed by atoms with van der Waals surface area (Å²) >= 11 is -3.06. The minimum absolute atomic E-state index is 0.587. The van der Waals surface area contributed by atoms with Gasteiger partial charge in [-0.05, 0) is 0 Å². The van der Waals surface area contributed by atoms with Crippen LogP contribution in [0.15, 0.2) is 22.1 Å². The van der Waals surface area contributed by atoms with E-state index in [1.807, 2.05) is 0 Å². The van der Waals surface area contributed by atoms with Crippen molar-refractivity contribution in [3.8, 4) is 0 Å². The van der Waals surface area contributed by atoms with E-state index >= 15 is 0 Å². The molecule has 0 atom stereocenters. The first-order valence-electron chi connectivity index (χ1n) is 2.35. The number of carbonyl (C=O) groups is 1. The van der Waals surface area contributed by atoms with Gasteiger partial charge in [-0.2, -0.15) is 0 Å². The molecule has 1 heterocycles. The van der Waals surface area contributed by atoms with E-state index in [9.17, 15) is 8.98 Å². The van der Waals surface area contributed by atoms with E-state index in [0.29, 0.717) is 0 Å². The third kappa shape index (κ3) is 1.05. The van der Waals surface area contributed by atoms with Crippen LogP contribution in [0.4, 0.5) is 4.79 Å². The Hall–Kier alpha value is -0.571. The van der Waals surface area contributed by atoms with Crippen LogP contribution < -0.4 is 5.73 Å². The quantitative estimate of drug-likeness (QED) is 0.564. The third-order valence-corrected chi connectivity index (χ3v) is 4.76. The molecule has 1 rings (SSSR count). The van der Waals surface area contributed by atoms with Crippen molar-refractivity contribution in [2.24, 2.45) is 5.73 Å². The summed E-state index contributed by atoms with van der Waals surface area (Å²) in [5.74, 6) is 0. The van der Waals surface area contributed by atoms with Crippen LogP contribution in [0.25, 0.3) is 0 Å². The van der Waals surface area contributed by atoms with E-state index in [2.05, 4.69) is 0 Å². The zero-order valence-electron chi connectivity index (χ0n) is 4.65. The Morgan fingerprint density at radius 1 is 1.44 bits per heavy atom. The summed E-state index contributed by atoms with van der Waals surface area (Å²) in [5.41, 5.74) is 4.91. The fourth-order valence-electron chi connectivity index (χ4n) is 0.510. The molecule has 0 aromatic heterocycles. The SMILES string of the molecule is NC(=O)[Se]1(O)C=CC=C1. The van der Waals surface area contributed by atoms with Gasteiger partial charge >= 0.3 is 54.8 Å². The zero-order chi connectivity index (χ0) is 6.91. The number of carbonyl (C=O) groups excluding carboxylic acids is 1. The number of hydrogen-bond donors (Lipinski definition) is 2. The van der Waals surface area contributed by atoms with E-state index in [0.717, 1.165) is 0 Å². The Morgan fingerprint density at radius 3 is 2.11 bits per heavy atom. The summed E-state index contributed by atoms with van der Waals surface area (Å²) in [6.07, 6.45) is 3.29. The van der Waals surface area contributed by atoms with Crippen molar-refractivity contribution in [2.45, 2.75) is 0 Å². The Bertz CT molecular complexity index is 185. The molecule has 0 saturated carbocycles. The summed E-state index contributed by atoms with van der Waals surface area (Å²) in [4.78, 5) is 12.9. The van der Waals surface area contributed by atoms with E-state index in [-0.39, 0.29) is 0 Å². The fourth-order valence-corrected chi connectivity index (χ4v) is 2.65. The average Bonchev–Trinajstić information content (AvgIpc) is 2.16. The Kier molecular flexibility index (Phi) is 1.45. The molecule has 1 aliphatic rings. The number of hydrogen-bond acceptors (Lipinski definition) is 2. The zero-order valence-corrected chi connectivity index (χ0v) is 6.36. The number of primary amides is 1. The van der Waals surface area contributed by atoms with Gasteiger partial charge in [0.05, 0.1) is 0 Å². The van der Waals surface area contributed by atoms with Gasteiger partial charge in [0.25, 0.3) is 0 Å².